The van der Waals surface area contributed by atoms with Crippen molar-refractivity contribution in [2.75, 3.05) is 6.54 Å². The molecule has 0 radical (unpaired) electrons. The lowest BCUT2D eigenvalue weighted by Gasteiger charge is -2.31. The summed E-state index contributed by atoms with van der Waals surface area (Å²) in [6.45, 7) is 0.710. The van der Waals surface area contributed by atoms with Crippen LogP contribution in [0.15, 0.2) is 42.5 Å². The van der Waals surface area contributed by atoms with Crippen LogP contribution in [0.3, 0.4) is 0 Å². The van der Waals surface area contributed by atoms with E-state index in [9.17, 15) is 10.1 Å². The Bertz CT molecular complexity index is 696. The summed E-state index contributed by atoms with van der Waals surface area (Å²) in [7, 11) is 0. The van der Waals surface area contributed by atoms with Crippen LogP contribution in [0.5, 0.6) is 0 Å². The Morgan fingerprint density at radius 1 is 1.19 bits per heavy atom. The van der Waals surface area contributed by atoms with Gasteiger partial charge in [0.05, 0.1) is 12.5 Å². The van der Waals surface area contributed by atoms with E-state index in [2.05, 4.69) is 24.3 Å². The molecule has 0 spiro atoms. The molecule has 1 saturated heterocycles. The first-order valence-corrected chi connectivity index (χ1v) is 7.45. The highest BCUT2D eigenvalue weighted by Crippen LogP contribution is 2.22. The summed E-state index contributed by atoms with van der Waals surface area (Å²) in [4.78, 5) is 14.3. The molecule has 3 heteroatoms. The summed E-state index contributed by atoms with van der Waals surface area (Å²) in [6.07, 6.45) is 3.22. The molecule has 3 rings (SSSR count). The van der Waals surface area contributed by atoms with Gasteiger partial charge in [-0.2, -0.15) is 5.26 Å². The summed E-state index contributed by atoms with van der Waals surface area (Å²) in [6, 6.07) is 16.2. The molecule has 0 aromatic heterocycles. The lowest BCUT2D eigenvalue weighted by atomic mass is 9.99. The topological polar surface area (TPSA) is 44.1 Å². The van der Waals surface area contributed by atoms with Gasteiger partial charge in [0, 0.05) is 6.54 Å². The zero-order valence-electron chi connectivity index (χ0n) is 12.0. The smallest absolute Gasteiger partial charge is 0.228 e. The second-order valence-electron chi connectivity index (χ2n) is 5.54. The molecule has 3 nitrogen and oxygen atoms in total. The molecule has 1 heterocycles. The molecule has 2 aromatic rings. The average Bonchev–Trinajstić information content (AvgIpc) is 2.55. The van der Waals surface area contributed by atoms with Crippen molar-refractivity contribution in [1.29, 1.82) is 5.26 Å². The van der Waals surface area contributed by atoms with Gasteiger partial charge in [-0.3, -0.25) is 4.79 Å². The minimum Gasteiger partial charge on any atom is -0.326 e. The summed E-state index contributed by atoms with van der Waals surface area (Å²) in [5, 5.41) is 11.5. The van der Waals surface area contributed by atoms with E-state index in [0.29, 0.717) is 13.0 Å². The van der Waals surface area contributed by atoms with Gasteiger partial charge in [0.15, 0.2) is 0 Å². The van der Waals surface area contributed by atoms with Crippen LogP contribution in [-0.2, 0) is 11.2 Å². The number of piperidine rings is 1. The first-order chi connectivity index (χ1) is 10.3. The van der Waals surface area contributed by atoms with Crippen molar-refractivity contribution in [3.63, 3.8) is 0 Å². The molecule has 2 aromatic carbocycles. The maximum absolute atomic E-state index is 12.6. The normalized spacial score (nSPS) is 18.4. The predicted molar refractivity (Wildman–Crippen MR) is 82.6 cm³/mol. The zero-order chi connectivity index (χ0) is 14.7. The van der Waals surface area contributed by atoms with E-state index in [1.54, 1.807) is 4.90 Å². The molecule has 1 atom stereocenters. The fourth-order valence-corrected chi connectivity index (χ4v) is 3.08. The summed E-state index contributed by atoms with van der Waals surface area (Å²) in [5.41, 5.74) is 1.04. The molecule has 0 saturated carbocycles. The fourth-order valence-electron chi connectivity index (χ4n) is 3.08. The molecule has 21 heavy (non-hydrogen) atoms. The van der Waals surface area contributed by atoms with Gasteiger partial charge in [0.1, 0.15) is 6.04 Å². The number of rotatable bonds is 2. The highest BCUT2D eigenvalue weighted by atomic mass is 16.2. The maximum atomic E-state index is 12.6. The Morgan fingerprint density at radius 2 is 2.00 bits per heavy atom. The number of nitrogens with zero attached hydrogens (tertiary/aromatic N) is 2. The van der Waals surface area contributed by atoms with Gasteiger partial charge in [-0.15, -0.1) is 0 Å². The maximum Gasteiger partial charge on any atom is 0.228 e. The van der Waals surface area contributed by atoms with E-state index in [4.69, 9.17) is 0 Å². The van der Waals surface area contributed by atoms with Gasteiger partial charge < -0.3 is 4.90 Å². The highest BCUT2D eigenvalue weighted by Gasteiger charge is 2.26. The highest BCUT2D eigenvalue weighted by molar-refractivity contribution is 5.90. The molecule has 1 fully saturated rings. The van der Waals surface area contributed by atoms with Crippen molar-refractivity contribution in [2.24, 2.45) is 0 Å². The van der Waals surface area contributed by atoms with Crippen molar-refractivity contribution in [2.45, 2.75) is 31.7 Å². The minimum atomic E-state index is -0.249. The monoisotopic (exact) mass is 278 g/mol. The minimum absolute atomic E-state index is 0.0672. The number of hydrogen-bond acceptors (Lipinski definition) is 2. The first-order valence-electron chi connectivity index (χ1n) is 7.45. The van der Waals surface area contributed by atoms with Crippen LogP contribution in [0, 0.1) is 11.3 Å². The summed E-state index contributed by atoms with van der Waals surface area (Å²) < 4.78 is 0. The third kappa shape index (κ3) is 2.75. The Morgan fingerprint density at radius 3 is 2.86 bits per heavy atom. The van der Waals surface area contributed by atoms with Crippen LogP contribution in [-0.4, -0.2) is 23.4 Å². The number of hydrogen-bond donors (Lipinski definition) is 0. The molecule has 1 amide bonds. The van der Waals surface area contributed by atoms with Gasteiger partial charge in [-0.05, 0) is 35.6 Å². The van der Waals surface area contributed by atoms with Crippen molar-refractivity contribution in [3.8, 4) is 6.07 Å². The Hall–Kier alpha value is -2.34. The van der Waals surface area contributed by atoms with Crippen LogP contribution in [0.4, 0.5) is 0 Å². The van der Waals surface area contributed by atoms with Crippen molar-refractivity contribution in [3.05, 3.63) is 48.0 Å². The van der Waals surface area contributed by atoms with E-state index in [0.717, 1.165) is 35.6 Å². The van der Waals surface area contributed by atoms with Gasteiger partial charge in [-0.1, -0.05) is 42.5 Å². The number of fused-ring (bicyclic) bond motifs is 1. The van der Waals surface area contributed by atoms with E-state index in [-0.39, 0.29) is 11.9 Å². The molecule has 0 aliphatic carbocycles. The number of carbonyl (C=O) groups excluding carboxylic acids is 1. The zero-order valence-corrected chi connectivity index (χ0v) is 12.0. The Labute approximate surface area is 124 Å². The second kappa shape index (κ2) is 5.97. The van der Waals surface area contributed by atoms with Crippen molar-refractivity contribution in [1.82, 2.24) is 4.90 Å². The second-order valence-corrected chi connectivity index (χ2v) is 5.54. The predicted octanol–water partition coefficient (Wildman–Crippen LogP) is 3.29. The van der Waals surface area contributed by atoms with Gasteiger partial charge in [0.2, 0.25) is 5.91 Å². The van der Waals surface area contributed by atoms with E-state index in [1.807, 2.05) is 24.3 Å². The number of amides is 1. The van der Waals surface area contributed by atoms with E-state index >= 15 is 0 Å². The first kappa shape index (κ1) is 13.6. The van der Waals surface area contributed by atoms with E-state index in [1.165, 1.54) is 0 Å². The lowest BCUT2D eigenvalue weighted by molar-refractivity contribution is -0.132. The molecular weight excluding hydrogens is 260 g/mol. The molecular formula is C18H18N2O. The van der Waals surface area contributed by atoms with Crippen molar-refractivity contribution >= 4 is 16.7 Å². The quantitative estimate of drug-likeness (QED) is 0.846. The standard InChI is InChI=1S/C18H18N2O/c19-13-16-9-3-4-11-20(16)18(21)12-15-8-5-7-14-6-1-2-10-17(14)15/h1-2,5-8,10,16H,3-4,9,11-12H2. The van der Waals surface area contributed by atoms with Gasteiger partial charge in [0.25, 0.3) is 0 Å². The lowest BCUT2D eigenvalue weighted by Crippen LogP contribution is -2.43. The van der Waals surface area contributed by atoms with Crippen LogP contribution in [0.25, 0.3) is 10.8 Å². The third-order valence-electron chi connectivity index (χ3n) is 4.19. The number of benzene rings is 2. The van der Waals surface area contributed by atoms with Gasteiger partial charge >= 0.3 is 0 Å². The molecule has 1 unspecified atom stereocenters. The fraction of sp³-hybridized carbons (Fsp3) is 0.333. The van der Waals surface area contributed by atoms with Gasteiger partial charge in [-0.25, -0.2) is 0 Å². The molecule has 0 N–H and O–H groups in total. The van der Waals surface area contributed by atoms with Crippen molar-refractivity contribution < 1.29 is 4.79 Å². The third-order valence-corrected chi connectivity index (χ3v) is 4.19. The van der Waals surface area contributed by atoms with Crippen LogP contribution >= 0.6 is 0 Å². The van der Waals surface area contributed by atoms with Crippen LogP contribution < -0.4 is 0 Å². The summed E-state index contributed by atoms with van der Waals surface area (Å²) in [5.74, 6) is 0.0672. The average molecular weight is 278 g/mol. The van der Waals surface area contributed by atoms with E-state index < -0.39 is 0 Å². The van der Waals surface area contributed by atoms with Crippen LogP contribution in [0.2, 0.25) is 0 Å². The Balaban J connectivity index is 1.85. The largest absolute Gasteiger partial charge is 0.326 e. The summed E-state index contributed by atoms with van der Waals surface area (Å²) >= 11 is 0. The molecule has 1 aliphatic rings. The number of nitriles is 1. The van der Waals surface area contributed by atoms with Crippen LogP contribution in [0.1, 0.15) is 24.8 Å². The Kier molecular flexibility index (Phi) is 3.87. The molecule has 106 valence electrons. The SMILES string of the molecule is N#CC1CCCCN1C(=O)Cc1cccc2ccccc12. The molecule has 1 aliphatic heterocycles. The number of carbonyl (C=O) groups is 1. The molecule has 0 bridgehead atoms. The number of likely N-dealkylation sites (tertiary alicyclic amines) is 1.